The van der Waals surface area contributed by atoms with Gasteiger partial charge in [0.05, 0.1) is 17.7 Å². The van der Waals surface area contributed by atoms with Crippen molar-refractivity contribution in [1.82, 2.24) is 9.78 Å². The van der Waals surface area contributed by atoms with Crippen LogP contribution in [0.2, 0.25) is 0 Å². The van der Waals surface area contributed by atoms with Crippen molar-refractivity contribution in [2.75, 3.05) is 12.3 Å². The van der Waals surface area contributed by atoms with E-state index >= 15 is 0 Å². The largest absolute Gasteiger partial charge is 0.465 e. The first-order chi connectivity index (χ1) is 13.0. The molecule has 27 heavy (non-hydrogen) atoms. The molecule has 4 rings (SSSR count). The molecule has 138 valence electrons. The van der Waals surface area contributed by atoms with Gasteiger partial charge in [0.1, 0.15) is 5.82 Å². The van der Waals surface area contributed by atoms with Gasteiger partial charge in [0, 0.05) is 18.7 Å². The summed E-state index contributed by atoms with van der Waals surface area (Å²) in [6.07, 6.45) is 1.74. The summed E-state index contributed by atoms with van der Waals surface area (Å²) in [5.41, 5.74) is 10.6. The maximum atomic E-state index is 12.2. The lowest BCUT2D eigenvalue weighted by Crippen LogP contribution is -2.23. The molecule has 3 aromatic rings. The van der Waals surface area contributed by atoms with E-state index in [0.29, 0.717) is 12.4 Å². The summed E-state index contributed by atoms with van der Waals surface area (Å²) in [6.45, 7) is 2.27. The van der Waals surface area contributed by atoms with Crippen LogP contribution < -0.4 is 5.73 Å². The van der Waals surface area contributed by atoms with E-state index in [1.807, 2.05) is 44.3 Å². The zero-order valence-electron chi connectivity index (χ0n) is 15.6. The van der Waals surface area contributed by atoms with E-state index in [1.165, 1.54) is 0 Å². The Kier molecular flexibility index (Phi) is 4.22. The zero-order chi connectivity index (χ0) is 19.0. The first-order valence-corrected chi connectivity index (χ1v) is 9.21. The standard InChI is InChI=1S/C22H23N3O2/c1-3-27-21(26)22(12-13-22)18-10-8-16(9-11-18)15-4-6-17(7-5-15)19-14-20(23)25(2)24-19/h4-11,14H,3,12-13,23H2,1-2H3. The van der Waals surface area contributed by atoms with E-state index in [2.05, 4.69) is 29.4 Å². The average molecular weight is 361 g/mol. The monoisotopic (exact) mass is 361 g/mol. The Morgan fingerprint density at radius 3 is 2.11 bits per heavy atom. The average Bonchev–Trinajstić information content (AvgIpc) is 3.43. The van der Waals surface area contributed by atoms with Gasteiger partial charge in [0.2, 0.25) is 0 Å². The highest BCUT2D eigenvalue weighted by molar-refractivity contribution is 5.87. The van der Waals surface area contributed by atoms with E-state index < -0.39 is 5.41 Å². The molecule has 0 radical (unpaired) electrons. The molecule has 0 bridgehead atoms. The number of hydrogen-bond donors (Lipinski definition) is 1. The predicted octanol–water partition coefficient (Wildman–Crippen LogP) is 3.93. The molecular formula is C22H23N3O2. The first-order valence-electron chi connectivity index (χ1n) is 9.21. The van der Waals surface area contributed by atoms with Gasteiger partial charge in [-0.1, -0.05) is 48.5 Å². The Balaban J connectivity index is 1.55. The molecule has 0 saturated heterocycles. The lowest BCUT2D eigenvalue weighted by atomic mass is 9.93. The summed E-state index contributed by atoms with van der Waals surface area (Å²) in [6, 6.07) is 18.4. The van der Waals surface area contributed by atoms with Crippen molar-refractivity contribution < 1.29 is 9.53 Å². The van der Waals surface area contributed by atoms with Crippen molar-refractivity contribution in [2.24, 2.45) is 7.05 Å². The number of hydrogen-bond acceptors (Lipinski definition) is 4. The molecule has 0 atom stereocenters. The van der Waals surface area contributed by atoms with Gasteiger partial charge in [-0.3, -0.25) is 9.48 Å². The number of esters is 1. The van der Waals surface area contributed by atoms with Gasteiger partial charge in [0.25, 0.3) is 0 Å². The van der Waals surface area contributed by atoms with Crippen LogP contribution in [0.25, 0.3) is 22.4 Å². The van der Waals surface area contributed by atoms with Gasteiger partial charge in [-0.05, 0) is 36.5 Å². The van der Waals surface area contributed by atoms with Crippen LogP contribution in [0.4, 0.5) is 5.82 Å². The van der Waals surface area contributed by atoms with Crippen molar-refractivity contribution in [3.63, 3.8) is 0 Å². The zero-order valence-corrected chi connectivity index (χ0v) is 15.6. The third-order valence-electron chi connectivity index (χ3n) is 5.28. The minimum absolute atomic E-state index is 0.100. The molecule has 0 aliphatic heterocycles. The molecule has 1 aliphatic rings. The van der Waals surface area contributed by atoms with Crippen LogP contribution in [0.1, 0.15) is 25.3 Å². The van der Waals surface area contributed by atoms with Crippen LogP contribution in [-0.4, -0.2) is 22.4 Å². The second-order valence-electron chi connectivity index (χ2n) is 7.04. The van der Waals surface area contributed by atoms with Crippen LogP contribution in [0.15, 0.2) is 54.6 Å². The fourth-order valence-corrected chi connectivity index (χ4v) is 3.44. The van der Waals surface area contributed by atoms with Crippen molar-refractivity contribution >= 4 is 11.8 Å². The number of anilines is 1. The highest BCUT2D eigenvalue weighted by Gasteiger charge is 2.52. The number of nitrogens with zero attached hydrogens (tertiary/aromatic N) is 2. The second-order valence-corrected chi connectivity index (χ2v) is 7.04. The fraction of sp³-hybridized carbons (Fsp3) is 0.273. The Hall–Kier alpha value is -3.08. The number of benzene rings is 2. The molecule has 0 spiro atoms. The number of aryl methyl sites for hydroxylation is 1. The van der Waals surface area contributed by atoms with Crippen molar-refractivity contribution in [2.45, 2.75) is 25.2 Å². The molecular weight excluding hydrogens is 338 g/mol. The maximum absolute atomic E-state index is 12.2. The van der Waals surface area contributed by atoms with Crippen LogP contribution in [0, 0.1) is 0 Å². The summed E-state index contributed by atoms with van der Waals surface area (Å²) in [5, 5.41) is 4.41. The molecule has 0 unspecified atom stereocenters. The SMILES string of the molecule is CCOC(=O)C1(c2ccc(-c3ccc(-c4cc(N)n(C)n4)cc3)cc2)CC1. The Labute approximate surface area is 158 Å². The van der Waals surface area contributed by atoms with Crippen molar-refractivity contribution in [3.05, 3.63) is 60.2 Å². The maximum Gasteiger partial charge on any atom is 0.316 e. The molecule has 1 aromatic heterocycles. The molecule has 1 saturated carbocycles. The Morgan fingerprint density at radius 2 is 1.63 bits per heavy atom. The van der Waals surface area contributed by atoms with E-state index in [9.17, 15) is 4.79 Å². The van der Waals surface area contributed by atoms with E-state index in [1.54, 1.807) is 4.68 Å². The number of carbonyl (C=O) groups excluding carboxylic acids is 1. The summed E-state index contributed by atoms with van der Waals surface area (Å²) < 4.78 is 6.91. The summed E-state index contributed by atoms with van der Waals surface area (Å²) in [7, 11) is 1.83. The third kappa shape index (κ3) is 3.10. The number of nitrogen functional groups attached to an aromatic ring is 1. The number of ether oxygens (including phenoxy) is 1. The van der Waals surface area contributed by atoms with Crippen molar-refractivity contribution in [3.8, 4) is 22.4 Å². The molecule has 5 nitrogen and oxygen atoms in total. The molecule has 1 aliphatic carbocycles. The molecule has 5 heteroatoms. The highest BCUT2D eigenvalue weighted by atomic mass is 16.5. The van der Waals surface area contributed by atoms with Gasteiger partial charge >= 0.3 is 5.97 Å². The molecule has 2 aromatic carbocycles. The van der Waals surface area contributed by atoms with Crippen molar-refractivity contribution in [1.29, 1.82) is 0 Å². The lowest BCUT2D eigenvalue weighted by molar-refractivity contribution is -0.146. The van der Waals surface area contributed by atoms with Crippen LogP contribution in [0.5, 0.6) is 0 Å². The van der Waals surface area contributed by atoms with Gasteiger partial charge in [0.15, 0.2) is 0 Å². The normalized spacial score (nSPS) is 14.7. The van der Waals surface area contributed by atoms with Crippen LogP contribution >= 0.6 is 0 Å². The molecule has 2 N–H and O–H groups in total. The van der Waals surface area contributed by atoms with E-state index in [4.69, 9.17) is 10.5 Å². The summed E-state index contributed by atoms with van der Waals surface area (Å²) >= 11 is 0. The summed E-state index contributed by atoms with van der Waals surface area (Å²) in [4.78, 5) is 12.2. The Morgan fingerprint density at radius 1 is 1.07 bits per heavy atom. The minimum atomic E-state index is -0.419. The van der Waals surface area contributed by atoms with Gasteiger partial charge in [-0.15, -0.1) is 0 Å². The molecule has 1 fully saturated rings. The topological polar surface area (TPSA) is 70.1 Å². The van der Waals surface area contributed by atoms with Gasteiger partial charge in [-0.25, -0.2) is 0 Å². The smallest absolute Gasteiger partial charge is 0.316 e. The predicted molar refractivity (Wildman–Crippen MR) is 106 cm³/mol. The third-order valence-corrected chi connectivity index (χ3v) is 5.28. The quantitative estimate of drug-likeness (QED) is 0.699. The molecule has 0 amide bonds. The first kappa shape index (κ1) is 17.3. The lowest BCUT2D eigenvalue weighted by Gasteiger charge is -2.14. The molecule has 1 heterocycles. The van der Waals surface area contributed by atoms with Crippen LogP contribution in [0.3, 0.4) is 0 Å². The van der Waals surface area contributed by atoms with E-state index in [-0.39, 0.29) is 5.97 Å². The van der Waals surface area contributed by atoms with E-state index in [0.717, 1.165) is 40.8 Å². The number of aromatic nitrogens is 2. The Bertz CT molecular complexity index is 948. The minimum Gasteiger partial charge on any atom is -0.465 e. The fourth-order valence-electron chi connectivity index (χ4n) is 3.44. The number of rotatable bonds is 5. The van der Waals surface area contributed by atoms with Crippen LogP contribution in [-0.2, 0) is 22.0 Å². The second kappa shape index (κ2) is 6.58. The number of nitrogens with two attached hydrogens (primary N) is 1. The number of carbonyl (C=O) groups is 1. The van der Waals surface area contributed by atoms with Gasteiger partial charge < -0.3 is 10.5 Å². The van der Waals surface area contributed by atoms with Gasteiger partial charge in [-0.2, -0.15) is 5.10 Å². The highest BCUT2D eigenvalue weighted by Crippen LogP contribution is 2.49. The summed E-state index contributed by atoms with van der Waals surface area (Å²) in [5.74, 6) is 0.539.